The van der Waals surface area contributed by atoms with Gasteiger partial charge < -0.3 is 14.6 Å². The molecular weight excluding hydrogens is 248 g/mol. The zero-order chi connectivity index (χ0) is 14.6. The molecule has 1 saturated carbocycles. The lowest BCUT2D eigenvalue weighted by Gasteiger charge is -2.34. The van der Waals surface area contributed by atoms with Crippen LogP contribution in [0.4, 0.5) is 0 Å². The van der Waals surface area contributed by atoms with Crippen molar-refractivity contribution in [3.05, 3.63) is 23.7 Å². The van der Waals surface area contributed by atoms with Crippen LogP contribution in [0.3, 0.4) is 0 Å². The van der Waals surface area contributed by atoms with Gasteiger partial charge in [-0.15, -0.1) is 0 Å². The monoisotopic (exact) mass is 278 g/mol. The van der Waals surface area contributed by atoms with Crippen molar-refractivity contribution in [1.29, 1.82) is 0 Å². The summed E-state index contributed by atoms with van der Waals surface area (Å²) in [6, 6.07) is 2.67. The van der Waals surface area contributed by atoms with Gasteiger partial charge in [0, 0.05) is 31.2 Å². The van der Waals surface area contributed by atoms with Gasteiger partial charge in [0.1, 0.15) is 5.76 Å². The van der Waals surface area contributed by atoms with E-state index in [-0.39, 0.29) is 0 Å². The quantitative estimate of drug-likeness (QED) is 0.826. The summed E-state index contributed by atoms with van der Waals surface area (Å²) in [6.45, 7) is 9.85. The van der Waals surface area contributed by atoms with Crippen molar-refractivity contribution in [1.82, 2.24) is 10.2 Å². The minimum absolute atomic E-state index is 0.469. The maximum atomic E-state index is 5.40. The summed E-state index contributed by atoms with van der Waals surface area (Å²) in [6.07, 6.45) is 7.30. The Hall–Kier alpha value is -0.800. The normalized spacial score (nSPS) is 18.3. The third-order valence-corrected chi connectivity index (χ3v) is 4.56. The second-order valence-corrected chi connectivity index (χ2v) is 6.92. The largest absolute Gasteiger partial charge is 0.469 e. The molecule has 0 spiro atoms. The molecule has 2 rings (SSSR count). The maximum Gasteiger partial charge on any atom is 0.105 e. The predicted octanol–water partition coefficient (Wildman–Crippen LogP) is 3.58. The molecule has 3 heteroatoms. The highest BCUT2D eigenvalue weighted by Gasteiger charge is 2.34. The number of hydrogen-bond acceptors (Lipinski definition) is 3. The van der Waals surface area contributed by atoms with Crippen LogP contribution >= 0.6 is 0 Å². The number of nitrogens with one attached hydrogen (secondary N) is 1. The van der Waals surface area contributed by atoms with Gasteiger partial charge in [0.2, 0.25) is 0 Å². The number of hydrogen-bond donors (Lipinski definition) is 1. The van der Waals surface area contributed by atoms with Crippen molar-refractivity contribution in [2.75, 3.05) is 20.1 Å². The summed E-state index contributed by atoms with van der Waals surface area (Å²) in [5.41, 5.74) is 1.79. The van der Waals surface area contributed by atoms with Crippen molar-refractivity contribution in [2.45, 2.75) is 59.0 Å². The molecule has 0 saturated heterocycles. The molecule has 0 aromatic carbocycles. The van der Waals surface area contributed by atoms with Gasteiger partial charge in [-0.1, -0.05) is 26.7 Å². The van der Waals surface area contributed by atoms with Crippen LogP contribution in [-0.4, -0.2) is 31.1 Å². The van der Waals surface area contributed by atoms with E-state index in [4.69, 9.17) is 4.42 Å². The first kappa shape index (κ1) is 15.6. The first-order chi connectivity index (χ1) is 9.51. The van der Waals surface area contributed by atoms with Crippen LogP contribution in [0.2, 0.25) is 0 Å². The zero-order valence-electron chi connectivity index (χ0n) is 13.5. The SMILES string of the molecule is Cc1occc1CN(C)CC1(CNC(C)C)CCCC1. The molecule has 1 aliphatic carbocycles. The van der Waals surface area contributed by atoms with Crippen molar-refractivity contribution >= 4 is 0 Å². The highest BCUT2D eigenvalue weighted by atomic mass is 16.3. The van der Waals surface area contributed by atoms with E-state index in [1.807, 2.05) is 0 Å². The van der Waals surface area contributed by atoms with Gasteiger partial charge in [-0.3, -0.25) is 0 Å². The van der Waals surface area contributed by atoms with E-state index >= 15 is 0 Å². The molecule has 0 amide bonds. The summed E-state index contributed by atoms with van der Waals surface area (Å²) >= 11 is 0. The highest BCUT2D eigenvalue weighted by Crippen LogP contribution is 2.38. The fourth-order valence-corrected chi connectivity index (χ4v) is 3.43. The second-order valence-electron chi connectivity index (χ2n) is 6.92. The maximum absolute atomic E-state index is 5.40. The van der Waals surface area contributed by atoms with Gasteiger partial charge in [-0.25, -0.2) is 0 Å². The number of rotatable bonds is 7. The van der Waals surface area contributed by atoms with Crippen LogP contribution < -0.4 is 5.32 Å². The third-order valence-electron chi connectivity index (χ3n) is 4.56. The van der Waals surface area contributed by atoms with Gasteiger partial charge in [0.25, 0.3) is 0 Å². The predicted molar refractivity (Wildman–Crippen MR) is 83.8 cm³/mol. The van der Waals surface area contributed by atoms with E-state index in [1.54, 1.807) is 6.26 Å². The highest BCUT2D eigenvalue weighted by molar-refractivity contribution is 5.15. The molecule has 1 N–H and O–H groups in total. The van der Waals surface area contributed by atoms with Crippen LogP contribution in [-0.2, 0) is 6.54 Å². The van der Waals surface area contributed by atoms with Crippen LogP contribution in [0, 0.1) is 12.3 Å². The molecule has 0 radical (unpaired) electrons. The smallest absolute Gasteiger partial charge is 0.105 e. The fraction of sp³-hybridized carbons (Fsp3) is 0.765. The molecule has 3 nitrogen and oxygen atoms in total. The minimum atomic E-state index is 0.469. The van der Waals surface area contributed by atoms with Crippen molar-refractivity contribution < 1.29 is 4.42 Å². The molecule has 1 aromatic heterocycles. The van der Waals surface area contributed by atoms with Crippen LogP contribution in [0.25, 0.3) is 0 Å². The Morgan fingerprint density at radius 1 is 1.35 bits per heavy atom. The molecule has 0 atom stereocenters. The lowest BCUT2D eigenvalue weighted by molar-refractivity contribution is 0.164. The van der Waals surface area contributed by atoms with E-state index in [1.165, 1.54) is 37.8 Å². The van der Waals surface area contributed by atoms with Gasteiger partial charge in [-0.05, 0) is 38.3 Å². The Morgan fingerprint density at radius 2 is 2.05 bits per heavy atom. The van der Waals surface area contributed by atoms with E-state index in [0.717, 1.165) is 18.8 Å². The Morgan fingerprint density at radius 3 is 2.60 bits per heavy atom. The summed E-state index contributed by atoms with van der Waals surface area (Å²) in [5, 5.41) is 3.66. The number of aryl methyl sites for hydroxylation is 1. The second kappa shape index (κ2) is 6.77. The molecule has 1 fully saturated rings. The molecule has 0 bridgehead atoms. The van der Waals surface area contributed by atoms with E-state index in [2.05, 4.69) is 44.1 Å². The summed E-state index contributed by atoms with van der Waals surface area (Å²) in [5.74, 6) is 1.05. The van der Waals surface area contributed by atoms with Gasteiger partial charge in [0.05, 0.1) is 6.26 Å². The summed E-state index contributed by atoms with van der Waals surface area (Å²) in [7, 11) is 2.24. The lowest BCUT2D eigenvalue weighted by Crippen LogP contribution is -2.43. The summed E-state index contributed by atoms with van der Waals surface area (Å²) < 4.78 is 5.40. The molecule has 0 aliphatic heterocycles. The molecule has 1 aromatic rings. The van der Waals surface area contributed by atoms with Crippen molar-refractivity contribution in [3.8, 4) is 0 Å². The Bertz CT molecular complexity index is 405. The molecule has 114 valence electrons. The van der Waals surface area contributed by atoms with Gasteiger partial charge >= 0.3 is 0 Å². The summed E-state index contributed by atoms with van der Waals surface area (Å²) in [4.78, 5) is 2.46. The van der Waals surface area contributed by atoms with E-state index in [0.29, 0.717) is 11.5 Å². The third kappa shape index (κ3) is 4.10. The van der Waals surface area contributed by atoms with E-state index < -0.39 is 0 Å². The van der Waals surface area contributed by atoms with Gasteiger partial charge in [-0.2, -0.15) is 0 Å². The van der Waals surface area contributed by atoms with Crippen LogP contribution in [0.5, 0.6) is 0 Å². The fourth-order valence-electron chi connectivity index (χ4n) is 3.43. The first-order valence-electron chi connectivity index (χ1n) is 7.96. The molecule has 1 heterocycles. The van der Waals surface area contributed by atoms with Crippen LogP contribution in [0.1, 0.15) is 50.9 Å². The topological polar surface area (TPSA) is 28.4 Å². The molecule has 1 aliphatic rings. The lowest BCUT2D eigenvalue weighted by atomic mass is 9.85. The van der Waals surface area contributed by atoms with Crippen molar-refractivity contribution in [3.63, 3.8) is 0 Å². The Kier molecular flexibility index (Phi) is 5.28. The Labute approximate surface area is 123 Å². The average Bonchev–Trinajstić information content (AvgIpc) is 2.98. The minimum Gasteiger partial charge on any atom is -0.469 e. The van der Waals surface area contributed by atoms with Gasteiger partial charge in [0.15, 0.2) is 0 Å². The number of nitrogens with zero attached hydrogens (tertiary/aromatic N) is 1. The molecular formula is C17H30N2O. The Balaban J connectivity index is 1.92. The zero-order valence-corrected chi connectivity index (χ0v) is 13.5. The molecule has 0 unspecified atom stereocenters. The van der Waals surface area contributed by atoms with Crippen molar-refractivity contribution in [2.24, 2.45) is 5.41 Å². The molecule has 20 heavy (non-hydrogen) atoms. The standard InChI is InChI=1S/C17H30N2O/c1-14(2)18-12-17(8-5-6-9-17)13-19(4)11-16-7-10-20-15(16)3/h7,10,14,18H,5-6,8-9,11-13H2,1-4H3. The average molecular weight is 278 g/mol. The number of furan rings is 1. The first-order valence-corrected chi connectivity index (χ1v) is 7.96. The van der Waals surface area contributed by atoms with E-state index in [9.17, 15) is 0 Å². The van der Waals surface area contributed by atoms with Crippen LogP contribution in [0.15, 0.2) is 16.7 Å².